The Kier molecular flexibility index (Phi) is 4.74. The second kappa shape index (κ2) is 5.42. The third kappa shape index (κ3) is 2.80. The van der Waals surface area contributed by atoms with Crippen LogP contribution in [0.4, 0.5) is 0 Å². The van der Waals surface area contributed by atoms with Crippen molar-refractivity contribution in [3.8, 4) is 0 Å². The highest BCUT2D eigenvalue weighted by Crippen LogP contribution is 2.00. The van der Waals surface area contributed by atoms with Gasteiger partial charge in [-0.15, -0.1) is 0 Å². The van der Waals surface area contributed by atoms with Gasteiger partial charge in [0.1, 0.15) is 0 Å². The Morgan fingerprint density at radius 3 is 2.09 bits per heavy atom. The molecule has 0 aliphatic heterocycles. The summed E-state index contributed by atoms with van der Waals surface area (Å²) >= 11 is 0. The molecule has 0 rings (SSSR count). The van der Waals surface area contributed by atoms with Crippen LogP contribution in [0.1, 0.15) is 6.92 Å². The first-order valence-electron chi connectivity index (χ1n) is 3.40. The minimum Gasteiger partial charge on any atom is -0.257 e. The minimum atomic E-state index is 0.803. The highest BCUT2D eigenvalue weighted by Gasteiger charge is 1.94. The second-order valence-corrected chi connectivity index (χ2v) is 1.85. The van der Waals surface area contributed by atoms with Gasteiger partial charge in [-0.25, -0.2) is 0 Å². The van der Waals surface area contributed by atoms with Gasteiger partial charge < -0.3 is 0 Å². The van der Waals surface area contributed by atoms with Crippen LogP contribution in [0.15, 0.2) is 54.7 Å². The molecule has 0 N–H and O–H groups in total. The average Bonchev–Trinajstić information content (AvgIpc) is 2.05. The van der Waals surface area contributed by atoms with E-state index in [-0.39, 0.29) is 0 Å². The van der Waals surface area contributed by atoms with Crippen LogP contribution in [0.3, 0.4) is 0 Å². The number of nitrogens with zero attached hydrogens (tertiary/aromatic N) is 1. The lowest BCUT2D eigenvalue weighted by molar-refractivity contribution is 1.55. The molecule has 0 radical (unpaired) electrons. The molecule has 0 aromatic carbocycles. The molecule has 58 valence electrons. The number of aliphatic imine (C=N–C) groups is 1. The van der Waals surface area contributed by atoms with Crippen molar-refractivity contribution in [1.82, 2.24) is 0 Å². The lowest BCUT2D eigenvalue weighted by Gasteiger charge is -1.97. The summed E-state index contributed by atoms with van der Waals surface area (Å²) in [6.07, 6.45) is 6.84. The van der Waals surface area contributed by atoms with Crippen molar-refractivity contribution in [3.63, 3.8) is 0 Å². The summed E-state index contributed by atoms with van der Waals surface area (Å²) in [6, 6.07) is 0. The van der Waals surface area contributed by atoms with Crippen molar-refractivity contribution in [1.29, 1.82) is 0 Å². The fraction of sp³-hybridized carbons (Fsp3) is 0.100. The lowest BCUT2D eigenvalue weighted by atomic mass is 10.1. The minimum absolute atomic E-state index is 0.803. The molecule has 0 spiro atoms. The summed E-state index contributed by atoms with van der Waals surface area (Å²) in [5, 5.41) is 0. The molecule has 1 nitrogen and oxygen atoms in total. The van der Waals surface area contributed by atoms with E-state index in [0.29, 0.717) is 0 Å². The Hall–Kier alpha value is -1.37. The van der Waals surface area contributed by atoms with Crippen LogP contribution in [0.25, 0.3) is 0 Å². The van der Waals surface area contributed by atoms with Crippen molar-refractivity contribution >= 4 is 5.71 Å². The van der Waals surface area contributed by atoms with Gasteiger partial charge in [0.2, 0.25) is 0 Å². The Morgan fingerprint density at radius 2 is 1.82 bits per heavy atom. The highest BCUT2D eigenvalue weighted by atomic mass is 14.7. The number of allylic oxidation sites excluding steroid dienone is 4. The first kappa shape index (κ1) is 9.63. The van der Waals surface area contributed by atoms with E-state index in [0.717, 1.165) is 11.3 Å². The van der Waals surface area contributed by atoms with E-state index in [1.54, 1.807) is 12.2 Å². The average molecular weight is 147 g/mol. The van der Waals surface area contributed by atoms with Gasteiger partial charge in [0.25, 0.3) is 0 Å². The van der Waals surface area contributed by atoms with Gasteiger partial charge in [-0.1, -0.05) is 31.9 Å². The molecule has 0 saturated carbocycles. The molecular formula is C10H13N. The first-order valence-corrected chi connectivity index (χ1v) is 3.40. The topological polar surface area (TPSA) is 12.4 Å². The maximum absolute atomic E-state index is 4.01. The predicted molar refractivity (Wildman–Crippen MR) is 51.8 cm³/mol. The second-order valence-electron chi connectivity index (χ2n) is 1.85. The highest BCUT2D eigenvalue weighted by molar-refractivity contribution is 6.10. The molecule has 0 aliphatic rings. The SMILES string of the molecule is C=C/N=C(C=C)\C(C=C)=C/C. The smallest absolute Gasteiger partial charge is 0.0692 e. The Labute approximate surface area is 68.2 Å². The quantitative estimate of drug-likeness (QED) is 0.428. The molecule has 0 bridgehead atoms. The van der Waals surface area contributed by atoms with Gasteiger partial charge >= 0.3 is 0 Å². The summed E-state index contributed by atoms with van der Waals surface area (Å²) in [5.74, 6) is 0. The number of hydrogen-bond acceptors (Lipinski definition) is 1. The third-order valence-corrected chi connectivity index (χ3v) is 1.25. The van der Waals surface area contributed by atoms with Crippen molar-refractivity contribution in [3.05, 3.63) is 49.7 Å². The molecule has 0 heterocycles. The van der Waals surface area contributed by atoms with Crippen LogP contribution < -0.4 is 0 Å². The van der Waals surface area contributed by atoms with Gasteiger partial charge in [-0.2, -0.15) is 0 Å². The van der Waals surface area contributed by atoms with E-state index in [1.807, 2.05) is 13.0 Å². The zero-order chi connectivity index (χ0) is 8.69. The molecule has 0 amide bonds. The van der Waals surface area contributed by atoms with E-state index in [2.05, 4.69) is 24.7 Å². The fourth-order valence-electron chi connectivity index (χ4n) is 0.714. The summed E-state index contributed by atoms with van der Waals surface area (Å²) in [5.41, 5.74) is 1.78. The number of rotatable bonds is 4. The normalized spacial score (nSPS) is 12.5. The zero-order valence-corrected chi connectivity index (χ0v) is 6.88. The van der Waals surface area contributed by atoms with Crippen molar-refractivity contribution < 1.29 is 0 Å². The van der Waals surface area contributed by atoms with Crippen LogP contribution in [0, 0.1) is 0 Å². The molecular weight excluding hydrogens is 134 g/mol. The van der Waals surface area contributed by atoms with Crippen LogP contribution >= 0.6 is 0 Å². The van der Waals surface area contributed by atoms with Crippen LogP contribution in [0.2, 0.25) is 0 Å². The largest absolute Gasteiger partial charge is 0.257 e. The van der Waals surface area contributed by atoms with Crippen LogP contribution in [-0.4, -0.2) is 5.71 Å². The Morgan fingerprint density at radius 1 is 1.18 bits per heavy atom. The zero-order valence-electron chi connectivity index (χ0n) is 6.88. The fourth-order valence-corrected chi connectivity index (χ4v) is 0.714. The van der Waals surface area contributed by atoms with Gasteiger partial charge in [0, 0.05) is 6.20 Å². The van der Waals surface area contributed by atoms with E-state index in [1.165, 1.54) is 6.20 Å². The number of hydrogen-bond donors (Lipinski definition) is 0. The first-order chi connectivity index (χ1) is 5.29. The van der Waals surface area contributed by atoms with Crippen LogP contribution in [0.5, 0.6) is 0 Å². The molecule has 0 saturated heterocycles. The van der Waals surface area contributed by atoms with Crippen molar-refractivity contribution in [2.24, 2.45) is 4.99 Å². The van der Waals surface area contributed by atoms with E-state index >= 15 is 0 Å². The van der Waals surface area contributed by atoms with Gasteiger partial charge in [0.05, 0.1) is 5.71 Å². The van der Waals surface area contributed by atoms with E-state index in [4.69, 9.17) is 0 Å². The summed E-state index contributed by atoms with van der Waals surface area (Å²) in [7, 11) is 0. The molecule has 0 unspecified atom stereocenters. The maximum atomic E-state index is 4.01. The van der Waals surface area contributed by atoms with Gasteiger partial charge in [-0.3, -0.25) is 4.99 Å². The molecule has 0 atom stereocenters. The van der Waals surface area contributed by atoms with Crippen molar-refractivity contribution in [2.75, 3.05) is 0 Å². The summed E-state index contributed by atoms with van der Waals surface area (Å²) in [6.45, 7) is 12.7. The Balaban J connectivity index is 4.75. The van der Waals surface area contributed by atoms with E-state index < -0.39 is 0 Å². The van der Waals surface area contributed by atoms with E-state index in [9.17, 15) is 0 Å². The molecule has 0 aromatic rings. The maximum Gasteiger partial charge on any atom is 0.0692 e. The van der Waals surface area contributed by atoms with Crippen molar-refractivity contribution in [2.45, 2.75) is 6.92 Å². The molecule has 1 heteroatoms. The van der Waals surface area contributed by atoms with Crippen LogP contribution in [-0.2, 0) is 0 Å². The molecule has 0 fully saturated rings. The Bertz CT molecular complexity index is 219. The standard InChI is InChI=1S/C10H13N/c1-5-9(6-2)10(7-3)11-8-4/h5-8H,1,3-4H2,2H3/b9-6-,11-10-. The third-order valence-electron chi connectivity index (χ3n) is 1.25. The summed E-state index contributed by atoms with van der Waals surface area (Å²) < 4.78 is 0. The molecule has 11 heavy (non-hydrogen) atoms. The predicted octanol–water partition coefficient (Wildman–Crippen LogP) is 2.89. The molecule has 0 aromatic heterocycles. The van der Waals surface area contributed by atoms with Gasteiger partial charge in [0.15, 0.2) is 0 Å². The summed E-state index contributed by atoms with van der Waals surface area (Å²) in [4.78, 5) is 4.01. The lowest BCUT2D eigenvalue weighted by Crippen LogP contribution is -1.94. The monoisotopic (exact) mass is 147 g/mol. The molecule has 0 aliphatic carbocycles. The van der Waals surface area contributed by atoms with Gasteiger partial charge in [-0.05, 0) is 18.6 Å².